The van der Waals surface area contributed by atoms with Crippen LogP contribution in [0.15, 0.2) is 36.6 Å². The molecule has 1 unspecified atom stereocenters. The smallest absolute Gasteiger partial charge is 0.315 e. The highest BCUT2D eigenvalue weighted by molar-refractivity contribution is 5.90. The van der Waals surface area contributed by atoms with Crippen molar-refractivity contribution in [2.45, 2.75) is 65.8 Å². The number of fused-ring (bicyclic) bond motifs is 2. The van der Waals surface area contributed by atoms with Gasteiger partial charge in [0.2, 0.25) is 0 Å². The van der Waals surface area contributed by atoms with Crippen molar-refractivity contribution in [1.29, 1.82) is 0 Å². The molecule has 4 fully saturated rings. The van der Waals surface area contributed by atoms with Gasteiger partial charge in [-0.15, -0.1) is 0 Å². The number of carbonyl (C=O) groups is 2. The van der Waals surface area contributed by atoms with Crippen molar-refractivity contribution in [3.8, 4) is 0 Å². The summed E-state index contributed by atoms with van der Waals surface area (Å²) >= 11 is 0. The molecule has 0 radical (unpaired) electrons. The first-order valence-corrected chi connectivity index (χ1v) is 13.3. The Balaban J connectivity index is 1.55. The van der Waals surface area contributed by atoms with Crippen LogP contribution < -0.4 is 0 Å². The summed E-state index contributed by atoms with van der Waals surface area (Å²) in [4.78, 5) is 28.7. The quantitative estimate of drug-likeness (QED) is 0.307. The van der Waals surface area contributed by atoms with E-state index < -0.39 is 28.5 Å². The van der Waals surface area contributed by atoms with Gasteiger partial charge >= 0.3 is 5.97 Å². The Kier molecular flexibility index (Phi) is 5.88. The predicted octanol–water partition coefficient (Wildman–Crippen LogP) is 4.67. The van der Waals surface area contributed by atoms with E-state index in [1.54, 1.807) is 6.08 Å². The molecule has 0 amide bonds. The average Bonchev–Trinajstić information content (AvgIpc) is 3.39. The molecule has 0 aromatic rings. The maximum Gasteiger partial charge on any atom is 0.315 e. The van der Waals surface area contributed by atoms with Gasteiger partial charge in [0.05, 0.1) is 24.7 Å². The summed E-state index contributed by atoms with van der Waals surface area (Å²) < 4.78 is 12.7. The van der Waals surface area contributed by atoms with Crippen LogP contribution in [-0.4, -0.2) is 54.4 Å². The third-order valence-corrected chi connectivity index (χ3v) is 10.5. The molecule has 5 aliphatic rings. The van der Waals surface area contributed by atoms with Gasteiger partial charge in [0.1, 0.15) is 11.7 Å². The van der Waals surface area contributed by atoms with E-state index >= 15 is 0 Å². The molecular formula is C29H41NO5. The number of morpholine rings is 1. The molecule has 3 saturated carbocycles. The Morgan fingerprint density at radius 2 is 2.06 bits per heavy atom. The van der Waals surface area contributed by atoms with Gasteiger partial charge in [-0.2, -0.15) is 0 Å². The zero-order valence-corrected chi connectivity index (χ0v) is 21.7. The van der Waals surface area contributed by atoms with E-state index in [2.05, 4.69) is 44.9 Å². The number of rotatable bonds is 8. The number of carboxylic acids is 1. The molecule has 1 aliphatic heterocycles. The lowest BCUT2D eigenvalue weighted by molar-refractivity contribution is -0.233. The fourth-order valence-electron chi connectivity index (χ4n) is 9.24. The summed E-state index contributed by atoms with van der Waals surface area (Å²) in [5.74, 6) is 0.212. The highest BCUT2D eigenvalue weighted by Crippen LogP contribution is 2.82. The lowest BCUT2D eigenvalue weighted by atomic mass is 9.43. The molecular weight excluding hydrogens is 442 g/mol. The number of hydrogen-bond donors (Lipinski definition) is 1. The molecule has 4 aliphatic carbocycles. The van der Waals surface area contributed by atoms with Crippen LogP contribution in [-0.2, 0) is 19.1 Å². The summed E-state index contributed by atoms with van der Waals surface area (Å²) in [5, 5.41) is 11.1. The summed E-state index contributed by atoms with van der Waals surface area (Å²) in [7, 11) is 0. The van der Waals surface area contributed by atoms with Crippen molar-refractivity contribution in [2.24, 2.45) is 45.8 Å². The van der Waals surface area contributed by atoms with Gasteiger partial charge < -0.3 is 24.3 Å². The largest absolute Gasteiger partial charge is 0.481 e. The SMILES string of the molecule is C=CC(=C)N1C[C@H](OCC23C[C@@H]4[C@H](C)CC[C@H]4[C@@]4(C=O)C[C@H]2C=C(C(C)C)[C@@]34C(=O)O)O[C@H](C)C1. The maximum absolute atomic E-state index is 13.5. The van der Waals surface area contributed by atoms with Gasteiger partial charge in [-0.05, 0) is 61.9 Å². The summed E-state index contributed by atoms with van der Waals surface area (Å²) in [6.07, 6.45) is 7.91. The molecule has 0 aromatic heterocycles. The molecule has 1 heterocycles. The lowest BCUT2D eigenvalue weighted by Crippen LogP contribution is -2.64. The number of carboxylic acid groups (broad SMARTS) is 1. The monoisotopic (exact) mass is 483 g/mol. The summed E-state index contributed by atoms with van der Waals surface area (Å²) in [5.41, 5.74) is -0.938. The van der Waals surface area contributed by atoms with Crippen molar-refractivity contribution in [3.63, 3.8) is 0 Å². The third kappa shape index (κ3) is 3.02. The minimum Gasteiger partial charge on any atom is -0.481 e. The zero-order valence-electron chi connectivity index (χ0n) is 21.7. The minimum absolute atomic E-state index is 0.0271. The Labute approximate surface area is 209 Å². The lowest BCUT2D eigenvalue weighted by Gasteiger charge is -2.58. The molecule has 6 heteroatoms. The molecule has 1 saturated heterocycles. The topological polar surface area (TPSA) is 76.1 Å². The molecule has 35 heavy (non-hydrogen) atoms. The van der Waals surface area contributed by atoms with Crippen molar-refractivity contribution in [2.75, 3.05) is 19.7 Å². The number of nitrogens with zero attached hydrogens (tertiary/aromatic N) is 1. The van der Waals surface area contributed by atoms with Gasteiger partial charge in [-0.25, -0.2) is 0 Å². The van der Waals surface area contributed by atoms with E-state index in [4.69, 9.17) is 9.47 Å². The van der Waals surface area contributed by atoms with Crippen LogP contribution in [0, 0.1) is 45.8 Å². The van der Waals surface area contributed by atoms with Crippen LogP contribution in [0.4, 0.5) is 0 Å². The Morgan fingerprint density at radius 3 is 2.69 bits per heavy atom. The first-order chi connectivity index (χ1) is 16.6. The molecule has 5 rings (SSSR count). The standard InChI is InChI=1S/C29H41NO5/c1-7-19(5)30-13-20(6)35-25(14-30)34-16-28-12-22-18(4)8-9-23(22)27(15-31)11-21(28)10-24(17(2)3)29(27,28)26(32)33/h7,10,15,17-18,20-23,25H,1,5,8-9,11-14,16H2,2-4,6H3,(H,32,33)/t18-,20-,21-,22-,23-,25-,27+,28?,29+/m1/s1. The Hall–Kier alpha value is -1.92. The highest BCUT2D eigenvalue weighted by atomic mass is 16.7. The first-order valence-electron chi connectivity index (χ1n) is 13.3. The fourth-order valence-corrected chi connectivity index (χ4v) is 9.24. The molecule has 1 N–H and O–H groups in total. The number of ether oxygens (including phenoxy) is 2. The van der Waals surface area contributed by atoms with E-state index in [1.807, 2.05) is 6.92 Å². The first kappa shape index (κ1) is 24.8. The van der Waals surface area contributed by atoms with Crippen molar-refractivity contribution >= 4 is 12.3 Å². The van der Waals surface area contributed by atoms with Crippen LogP contribution in [0.2, 0.25) is 0 Å². The summed E-state index contributed by atoms with van der Waals surface area (Å²) in [6.45, 7) is 17.9. The van der Waals surface area contributed by atoms with Gasteiger partial charge in [-0.1, -0.05) is 52.0 Å². The predicted molar refractivity (Wildman–Crippen MR) is 133 cm³/mol. The molecule has 192 valence electrons. The number of allylic oxidation sites excluding steroid dienone is 2. The second kappa shape index (κ2) is 8.31. The number of hydrogen-bond acceptors (Lipinski definition) is 5. The zero-order chi connectivity index (χ0) is 25.3. The number of carbonyl (C=O) groups excluding carboxylic acids is 1. The van der Waals surface area contributed by atoms with Crippen molar-refractivity contribution in [1.82, 2.24) is 4.90 Å². The van der Waals surface area contributed by atoms with Crippen molar-refractivity contribution in [3.05, 3.63) is 36.6 Å². The van der Waals surface area contributed by atoms with E-state index in [1.165, 1.54) is 0 Å². The second-order valence-electron chi connectivity index (χ2n) is 12.3. The number of aliphatic carboxylic acids is 1. The van der Waals surface area contributed by atoms with Crippen molar-refractivity contribution < 1.29 is 24.2 Å². The van der Waals surface area contributed by atoms with E-state index in [9.17, 15) is 14.7 Å². The number of aldehydes is 1. The van der Waals surface area contributed by atoms with Crippen LogP contribution in [0.5, 0.6) is 0 Å². The Bertz CT molecular complexity index is 972. The molecule has 9 atom stereocenters. The molecule has 0 aromatic carbocycles. The van der Waals surface area contributed by atoms with Gasteiger partial charge in [-0.3, -0.25) is 4.79 Å². The highest BCUT2D eigenvalue weighted by Gasteiger charge is 2.84. The van der Waals surface area contributed by atoms with Crippen LogP contribution in [0.25, 0.3) is 0 Å². The van der Waals surface area contributed by atoms with Gasteiger partial charge in [0, 0.05) is 17.7 Å². The van der Waals surface area contributed by atoms with E-state index in [0.717, 1.165) is 36.8 Å². The van der Waals surface area contributed by atoms with Gasteiger partial charge in [0.25, 0.3) is 0 Å². The second-order valence-corrected chi connectivity index (χ2v) is 12.3. The molecule has 0 spiro atoms. The van der Waals surface area contributed by atoms with E-state index in [0.29, 0.717) is 31.3 Å². The third-order valence-electron chi connectivity index (χ3n) is 10.5. The maximum atomic E-state index is 13.5. The average molecular weight is 484 g/mol. The van der Waals surface area contributed by atoms with Gasteiger partial charge in [0.15, 0.2) is 6.29 Å². The molecule has 4 bridgehead atoms. The van der Waals surface area contributed by atoms with Crippen LogP contribution >= 0.6 is 0 Å². The van der Waals surface area contributed by atoms with E-state index in [-0.39, 0.29) is 30.5 Å². The van der Waals surface area contributed by atoms with Crippen LogP contribution in [0.3, 0.4) is 0 Å². The normalized spacial score (nSPS) is 45.9. The fraction of sp³-hybridized carbons (Fsp3) is 0.724. The minimum atomic E-state index is -1.21. The Morgan fingerprint density at radius 1 is 1.31 bits per heavy atom. The summed E-state index contributed by atoms with van der Waals surface area (Å²) in [6, 6.07) is 0. The van der Waals surface area contributed by atoms with Crippen LogP contribution in [0.1, 0.15) is 53.4 Å². The molecule has 6 nitrogen and oxygen atoms in total.